The molecule has 3 saturated heterocycles. The minimum Gasteiger partial charge on any atom is -0.295 e. The van der Waals surface area contributed by atoms with E-state index in [2.05, 4.69) is 14.7 Å². The lowest BCUT2D eigenvalue weighted by Gasteiger charge is -2.72. The van der Waals surface area contributed by atoms with E-state index in [0.29, 0.717) is 0 Å². The first-order valence-corrected chi connectivity index (χ1v) is 53.9. The quantitative estimate of drug-likeness (QED) is 0.213. The van der Waals surface area contributed by atoms with Gasteiger partial charge < -0.3 is 0 Å². The van der Waals surface area contributed by atoms with Crippen molar-refractivity contribution in [2.24, 2.45) is 178 Å². The summed E-state index contributed by atoms with van der Waals surface area (Å²) in [6.45, 7) is 1.01. The van der Waals surface area contributed by atoms with E-state index in [1.54, 1.807) is 411 Å². The summed E-state index contributed by atoms with van der Waals surface area (Å²) in [5, 5.41) is 0. The summed E-state index contributed by atoms with van der Waals surface area (Å²) >= 11 is 0. The Kier molecular flexibility index (Phi) is 20.9. The van der Waals surface area contributed by atoms with Crippen LogP contribution in [-0.4, -0.2) is 75.8 Å². The number of nitrogens with zero attached hydrogens (tertiary/aromatic N) is 3. The van der Waals surface area contributed by atoms with Gasteiger partial charge in [-0.25, -0.2) is 0 Å². The van der Waals surface area contributed by atoms with Crippen molar-refractivity contribution in [1.29, 1.82) is 0 Å². The molecule has 3 nitrogen and oxygen atoms in total. The Labute approximate surface area is 677 Å². The molecule has 3 heterocycles. The van der Waals surface area contributed by atoms with Crippen molar-refractivity contribution in [1.82, 2.24) is 14.7 Å². The summed E-state index contributed by atoms with van der Waals surface area (Å²) in [7, 11) is 0. The summed E-state index contributed by atoms with van der Waals surface area (Å²) in [5.41, 5.74) is 0. The zero-order valence-corrected chi connectivity index (χ0v) is 71.4. The molecule has 0 aromatic carbocycles. The van der Waals surface area contributed by atoms with Crippen LogP contribution in [0.1, 0.15) is 411 Å². The predicted molar refractivity (Wildman–Crippen MR) is 457 cm³/mol. The lowest BCUT2D eigenvalue weighted by molar-refractivity contribution is -0.155. The van der Waals surface area contributed by atoms with Crippen molar-refractivity contribution in [3.63, 3.8) is 0 Å². The predicted octanol–water partition coefficient (Wildman–Crippen LogP) is 27.6. The second-order valence-electron chi connectivity index (χ2n) is 49.2. The molecule has 0 amide bonds. The fourth-order valence-electron chi connectivity index (χ4n) is 43.8. The molecule has 612 valence electrons. The van der Waals surface area contributed by atoms with E-state index in [9.17, 15) is 0 Å². The van der Waals surface area contributed by atoms with Crippen molar-refractivity contribution in [2.45, 2.75) is 483 Å². The van der Waals surface area contributed by atoms with Crippen molar-refractivity contribution in [3.8, 4) is 0 Å². The third-order valence-electron chi connectivity index (χ3n) is 46.3. The van der Waals surface area contributed by atoms with Crippen LogP contribution in [0.4, 0.5) is 0 Å². The third kappa shape index (κ3) is 12.4. The number of likely N-dealkylation sites (tertiary alicyclic amines) is 1. The van der Waals surface area contributed by atoms with Gasteiger partial charge in [-0.05, 0) is 349 Å². The lowest BCUT2D eigenvalue weighted by Crippen LogP contribution is -2.78. The van der Waals surface area contributed by atoms with Crippen molar-refractivity contribution in [3.05, 3.63) is 0 Å². The van der Waals surface area contributed by atoms with Gasteiger partial charge in [0.25, 0.3) is 0 Å². The van der Waals surface area contributed by atoms with Crippen LogP contribution in [0.25, 0.3) is 0 Å². The number of fused-ring (bicyclic) bond motifs is 11. The van der Waals surface area contributed by atoms with E-state index in [-0.39, 0.29) is 0 Å². The number of hydrogen-bond acceptors (Lipinski definition) is 3. The van der Waals surface area contributed by atoms with E-state index in [1.807, 2.05) is 0 Å². The van der Waals surface area contributed by atoms with E-state index in [0.717, 1.165) is 256 Å². The Balaban J connectivity index is 0.679. The second kappa shape index (κ2) is 31.1. The first-order chi connectivity index (χ1) is 54.6. The molecule has 34 unspecified atom stereocenters. The molecule has 0 spiro atoms. The monoisotopic (exact) mass is 1500 g/mol. The maximum absolute atomic E-state index is 4.05. The lowest BCUT2D eigenvalue weighted by atomic mass is 9.17. The summed E-state index contributed by atoms with van der Waals surface area (Å²) in [6, 6.07) is 7.92. The normalized spacial score (nSPS) is 55.0. The average Bonchev–Trinajstić information content (AvgIpc) is 0.802. The number of hydrogen-bond donors (Lipinski definition) is 0. The smallest absolute Gasteiger partial charge is 0.156 e. The zero-order chi connectivity index (χ0) is 71.8. The molecule has 0 radical (unpaired) electrons. The molecule has 0 bridgehead atoms. The maximum atomic E-state index is 4.05. The largest absolute Gasteiger partial charge is 0.295 e. The Morgan fingerprint density at radius 1 is 0.155 bits per heavy atom. The Hall–Kier alpha value is -0.0551. The minimum absolute atomic E-state index is 0.836. The molecule has 4 heteroatoms. The van der Waals surface area contributed by atoms with Gasteiger partial charge in [-0.1, -0.05) is 257 Å². The van der Waals surface area contributed by atoms with E-state index < -0.39 is 0 Å². The van der Waals surface area contributed by atoms with Gasteiger partial charge in [0, 0.05) is 54.4 Å². The summed E-state index contributed by atoms with van der Waals surface area (Å²) in [5.74, 6) is 35.1. The van der Waals surface area contributed by atoms with E-state index >= 15 is 0 Å². The van der Waals surface area contributed by atoms with Crippen LogP contribution in [0, 0.1) is 178 Å². The highest BCUT2D eigenvalue weighted by molar-refractivity contribution is 6.65. The molecule has 21 saturated carbocycles. The summed E-state index contributed by atoms with van der Waals surface area (Å²) in [6.07, 6.45) is 103. The van der Waals surface area contributed by atoms with Crippen molar-refractivity contribution >= 4 is 6.71 Å². The molecular formula is C106H170BN3. The van der Waals surface area contributed by atoms with Crippen molar-refractivity contribution < 1.29 is 0 Å². The average molecular weight is 1500 g/mol. The molecular weight excluding hydrogens is 1330 g/mol. The Morgan fingerprint density at radius 2 is 0.445 bits per heavy atom. The van der Waals surface area contributed by atoms with Gasteiger partial charge in [-0.2, -0.15) is 0 Å². The van der Waals surface area contributed by atoms with Crippen molar-refractivity contribution in [2.75, 3.05) is 0 Å². The van der Waals surface area contributed by atoms with Gasteiger partial charge in [-0.15, -0.1) is 0 Å². The standard InChI is InChI=1S/C106H170BN3/c1-5-25-65(26-6-1)78-41-23-42-79(66-27-7-2-8-28-66)105(78)109-96-55-53-71(75-57-73-37-21-47-86-84-45-17-33-69-35-19-49-88(100(69)84)90(59-75)102(73)86)61-92(96)107-93-62-72(76-58-74-38-22-48-87-85-46-18-34-70-36-20-50-89(101(70)85)91(60-76)103(74)87)54-56-97(93)110(106-80(67-29-9-3-10-30-67)43-24-44-81(106)68-31-11-4-12-32-68)99-64-77(63-98(109)104(99)107)108-94-51-15-13-39-82(94)83-40-14-16-52-95(83)108/h65-106H,1-64H2. The van der Waals surface area contributed by atoms with Gasteiger partial charge in [0.1, 0.15) is 0 Å². The van der Waals surface area contributed by atoms with Crippen LogP contribution in [0.15, 0.2) is 0 Å². The third-order valence-corrected chi connectivity index (χ3v) is 46.3. The van der Waals surface area contributed by atoms with Gasteiger partial charge >= 0.3 is 0 Å². The SMILES string of the molecule is C1CCC(C2CCCC(C3CCCCC3)C2N2C3CCC(C4CC5CCCC6C7CCCC8CCCC(C(C4)C56)C87)CC3B3C4CC(C5CC6CCCC7C8CCCC9CCCC(C(C5)C67)C98)CCC4N(C4C(C5CCCCC5)CCCC4C4CCCCC4)C4CC(N5C6CCCCC6C6CCCCC65)CC2C34)CC1. The molecule has 0 aromatic rings. The first kappa shape index (κ1) is 73.8. The fourth-order valence-corrected chi connectivity index (χ4v) is 43.8. The van der Waals surface area contributed by atoms with Gasteiger partial charge in [-0.3, -0.25) is 14.7 Å². The molecule has 0 aromatic heterocycles. The number of rotatable bonds is 9. The van der Waals surface area contributed by atoms with Crippen LogP contribution >= 0.6 is 0 Å². The molecule has 24 fully saturated rings. The van der Waals surface area contributed by atoms with Gasteiger partial charge in [0.05, 0.1) is 0 Å². The van der Waals surface area contributed by atoms with Gasteiger partial charge in [0.15, 0.2) is 6.71 Å². The van der Waals surface area contributed by atoms with E-state index in [4.69, 9.17) is 0 Å². The highest BCUT2D eigenvalue weighted by Gasteiger charge is 2.71. The van der Waals surface area contributed by atoms with Crippen LogP contribution in [0.2, 0.25) is 17.5 Å². The van der Waals surface area contributed by atoms with E-state index in [1.165, 1.54) is 0 Å². The van der Waals surface area contributed by atoms with Crippen LogP contribution in [-0.2, 0) is 0 Å². The zero-order valence-electron chi connectivity index (χ0n) is 71.4. The maximum Gasteiger partial charge on any atom is 0.156 e. The fraction of sp³-hybridized carbons (Fsp3) is 1.00. The molecule has 24 rings (SSSR count). The molecule has 3 aliphatic heterocycles. The highest BCUT2D eigenvalue weighted by Crippen LogP contribution is 2.73. The summed E-state index contributed by atoms with van der Waals surface area (Å²) in [4.78, 5) is 11.8. The summed E-state index contributed by atoms with van der Waals surface area (Å²) < 4.78 is 0. The first-order valence-electron chi connectivity index (χ1n) is 53.9. The van der Waals surface area contributed by atoms with Crippen LogP contribution in [0.3, 0.4) is 0 Å². The topological polar surface area (TPSA) is 9.72 Å². The molecule has 110 heavy (non-hydrogen) atoms. The van der Waals surface area contributed by atoms with Crippen LogP contribution in [0.5, 0.6) is 0 Å². The molecule has 21 aliphatic carbocycles. The Morgan fingerprint density at radius 3 is 0.818 bits per heavy atom. The highest BCUT2D eigenvalue weighted by atomic mass is 15.3. The van der Waals surface area contributed by atoms with Crippen LogP contribution < -0.4 is 0 Å². The minimum atomic E-state index is 0.836. The second-order valence-corrected chi connectivity index (χ2v) is 49.2. The molecule has 0 N–H and O–H groups in total. The Bertz CT molecular complexity index is 2840. The van der Waals surface area contributed by atoms with Gasteiger partial charge in [0.2, 0.25) is 0 Å². The molecule has 24 aliphatic rings. The molecule has 34 atom stereocenters.